The van der Waals surface area contributed by atoms with Crippen LogP contribution < -0.4 is 4.74 Å². The fraction of sp³-hybridized carbons (Fsp3) is 0.400. The number of pyridine rings is 1. The third-order valence-corrected chi connectivity index (χ3v) is 5.48. The molecular formula is C20H21ClN2O3. The molecule has 5 nitrogen and oxygen atoms in total. The van der Waals surface area contributed by atoms with E-state index in [0.717, 1.165) is 25.2 Å². The first kappa shape index (κ1) is 17.3. The fourth-order valence-corrected chi connectivity index (χ4v) is 4.03. The smallest absolute Gasteiger partial charge is 0.254 e. The number of carbonyl (C=O) groups excluding carboxylic acids is 1. The van der Waals surface area contributed by atoms with Gasteiger partial charge in [0.15, 0.2) is 0 Å². The number of rotatable bonds is 5. The van der Waals surface area contributed by atoms with Crippen LogP contribution in [0.25, 0.3) is 0 Å². The maximum atomic E-state index is 12.6. The summed E-state index contributed by atoms with van der Waals surface area (Å²) in [5.74, 6) is 1.20. The number of aromatic nitrogens is 1. The highest BCUT2D eigenvalue weighted by molar-refractivity contribution is 6.30. The molecule has 136 valence electrons. The summed E-state index contributed by atoms with van der Waals surface area (Å²) in [4.78, 5) is 18.5. The first-order valence-electron chi connectivity index (χ1n) is 8.88. The van der Waals surface area contributed by atoms with E-state index < -0.39 is 0 Å². The summed E-state index contributed by atoms with van der Waals surface area (Å²) in [5, 5.41) is 0.577. The van der Waals surface area contributed by atoms with Crippen LogP contribution in [0.2, 0.25) is 5.02 Å². The summed E-state index contributed by atoms with van der Waals surface area (Å²) < 4.78 is 11.8. The lowest BCUT2D eigenvalue weighted by Gasteiger charge is -2.50. The lowest BCUT2D eigenvalue weighted by atomic mass is 9.79. The van der Waals surface area contributed by atoms with Crippen molar-refractivity contribution in [2.24, 2.45) is 5.92 Å². The maximum absolute atomic E-state index is 12.6. The van der Waals surface area contributed by atoms with E-state index in [-0.39, 0.29) is 11.5 Å². The van der Waals surface area contributed by atoms with Crippen molar-refractivity contribution >= 4 is 17.5 Å². The molecule has 0 N–H and O–H groups in total. The van der Waals surface area contributed by atoms with E-state index in [9.17, 15) is 4.79 Å². The van der Waals surface area contributed by atoms with Crippen LogP contribution in [0, 0.1) is 5.92 Å². The molecule has 6 heteroatoms. The molecule has 1 unspecified atom stereocenters. The lowest BCUT2D eigenvalue weighted by molar-refractivity contribution is -0.119. The zero-order chi connectivity index (χ0) is 18.0. The predicted octanol–water partition coefficient (Wildman–Crippen LogP) is 3.44. The number of amides is 1. The van der Waals surface area contributed by atoms with Crippen LogP contribution in [0.1, 0.15) is 23.2 Å². The zero-order valence-electron chi connectivity index (χ0n) is 14.4. The highest BCUT2D eigenvalue weighted by Crippen LogP contribution is 2.42. The summed E-state index contributed by atoms with van der Waals surface area (Å²) in [6.45, 7) is 2.65. The predicted molar refractivity (Wildman–Crippen MR) is 98.5 cm³/mol. The lowest BCUT2D eigenvalue weighted by Crippen LogP contribution is -2.66. The summed E-state index contributed by atoms with van der Waals surface area (Å²) in [5.41, 5.74) is 0.411. The largest absolute Gasteiger partial charge is 0.492 e. The molecule has 2 aromatic rings. The van der Waals surface area contributed by atoms with Crippen molar-refractivity contribution in [1.29, 1.82) is 0 Å². The van der Waals surface area contributed by atoms with Gasteiger partial charge in [-0.05, 0) is 49.1 Å². The molecule has 26 heavy (non-hydrogen) atoms. The molecule has 1 aromatic carbocycles. The molecule has 1 atom stereocenters. The van der Waals surface area contributed by atoms with Gasteiger partial charge in [-0.3, -0.25) is 9.78 Å². The second-order valence-corrected chi connectivity index (χ2v) is 7.33. The standard InChI is InChI=1S/C20H21ClN2O3/c21-17-4-1-3-15(11-17)19(24)23-13-20(14-23)16(7-10-26-20)6-9-25-18-5-2-8-22-12-18/h1-5,8,11-12,16H,6-7,9-10,13-14H2. The van der Waals surface area contributed by atoms with Crippen LogP contribution in [-0.2, 0) is 4.74 Å². The number of halogens is 1. The monoisotopic (exact) mass is 372 g/mol. The van der Waals surface area contributed by atoms with E-state index >= 15 is 0 Å². The summed E-state index contributed by atoms with van der Waals surface area (Å²) in [6.07, 6.45) is 5.37. The molecule has 0 bridgehead atoms. The van der Waals surface area contributed by atoms with Gasteiger partial charge in [0.05, 0.1) is 25.9 Å². The van der Waals surface area contributed by atoms with Gasteiger partial charge in [0.1, 0.15) is 11.4 Å². The Morgan fingerprint density at radius 2 is 2.23 bits per heavy atom. The average molecular weight is 373 g/mol. The molecule has 0 saturated carbocycles. The Morgan fingerprint density at radius 1 is 1.35 bits per heavy atom. The molecule has 2 saturated heterocycles. The Bertz CT molecular complexity index is 778. The third-order valence-electron chi connectivity index (χ3n) is 5.25. The number of carbonyl (C=O) groups is 1. The molecule has 2 aliphatic rings. The van der Waals surface area contributed by atoms with Gasteiger partial charge in [0.2, 0.25) is 0 Å². The Balaban J connectivity index is 1.32. The first-order chi connectivity index (χ1) is 12.7. The number of ether oxygens (including phenoxy) is 2. The van der Waals surface area contributed by atoms with Crippen LogP contribution >= 0.6 is 11.6 Å². The molecule has 2 fully saturated rings. The van der Waals surface area contributed by atoms with Gasteiger partial charge < -0.3 is 14.4 Å². The van der Waals surface area contributed by atoms with E-state index in [1.807, 2.05) is 17.0 Å². The topological polar surface area (TPSA) is 51.7 Å². The van der Waals surface area contributed by atoms with Crippen LogP contribution in [0.5, 0.6) is 5.75 Å². The molecule has 1 amide bonds. The van der Waals surface area contributed by atoms with Crippen LogP contribution in [0.4, 0.5) is 0 Å². The molecule has 0 aliphatic carbocycles. The van der Waals surface area contributed by atoms with Gasteiger partial charge in [-0.25, -0.2) is 0 Å². The van der Waals surface area contributed by atoms with Crippen molar-refractivity contribution in [3.05, 3.63) is 59.4 Å². The van der Waals surface area contributed by atoms with Crippen LogP contribution in [0.15, 0.2) is 48.8 Å². The summed E-state index contributed by atoms with van der Waals surface area (Å²) >= 11 is 5.99. The third kappa shape index (κ3) is 3.41. The molecule has 1 aromatic heterocycles. The first-order valence-corrected chi connectivity index (χ1v) is 9.26. The van der Waals surface area contributed by atoms with Gasteiger partial charge in [0, 0.05) is 23.4 Å². The number of hydrogen-bond acceptors (Lipinski definition) is 4. The van der Waals surface area contributed by atoms with E-state index in [1.165, 1.54) is 0 Å². The normalized spacial score (nSPS) is 20.8. The van der Waals surface area contributed by atoms with E-state index in [4.69, 9.17) is 21.1 Å². The molecule has 2 aliphatic heterocycles. The molecule has 3 heterocycles. The van der Waals surface area contributed by atoms with Gasteiger partial charge in [-0.1, -0.05) is 17.7 Å². The summed E-state index contributed by atoms with van der Waals surface area (Å²) in [7, 11) is 0. The molecule has 0 radical (unpaired) electrons. The Labute approximate surface area is 157 Å². The van der Waals surface area contributed by atoms with Gasteiger partial charge in [0.25, 0.3) is 5.91 Å². The number of benzene rings is 1. The fourth-order valence-electron chi connectivity index (χ4n) is 3.84. The van der Waals surface area contributed by atoms with Gasteiger partial charge in [-0.2, -0.15) is 0 Å². The highest BCUT2D eigenvalue weighted by Gasteiger charge is 2.54. The van der Waals surface area contributed by atoms with Crippen LogP contribution in [-0.4, -0.2) is 47.7 Å². The van der Waals surface area contributed by atoms with Gasteiger partial charge in [-0.15, -0.1) is 0 Å². The molecular weight excluding hydrogens is 352 g/mol. The Morgan fingerprint density at radius 3 is 3.00 bits per heavy atom. The Kier molecular flexibility index (Phi) is 4.83. The average Bonchev–Trinajstić information content (AvgIpc) is 3.05. The highest BCUT2D eigenvalue weighted by atomic mass is 35.5. The van der Waals surface area contributed by atoms with Crippen molar-refractivity contribution in [3.8, 4) is 5.75 Å². The zero-order valence-corrected chi connectivity index (χ0v) is 15.2. The van der Waals surface area contributed by atoms with Gasteiger partial charge >= 0.3 is 0 Å². The van der Waals surface area contributed by atoms with E-state index in [0.29, 0.717) is 36.2 Å². The van der Waals surface area contributed by atoms with Crippen molar-refractivity contribution in [2.75, 3.05) is 26.3 Å². The molecule has 4 rings (SSSR count). The minimum absolute atomic E-state index is 0.0129. The second kappa shape index (κ2) is 7.25. The SMILES string of the molecule is O=C(c1cccc(Cl)c1)N1CC2(C1)OCCC2CCOc1cccnc1. The van der Waals surface area contributed by atoms with E-state index in [1.54, 1.807) is 36.7 Å². The maximum Gasteiger partial charge on any atom is 0.254 e. The summed E-state index contributed by atoms with van der Waals surface area (Å²) in [6, 6.07) is 10.9. The number of nitrogens with zero attached hydrogens (tertiary/aromatic N) is 2. The van der Waals surface area contributed by atoms with E-state index in [2.05, 4.69) is 4.98 Å². The quantitative estimate of drug-likeness (QED) is 0.806. The minimum atomic E-state index is -0.216. The van der Waals surface area contributed by atoms with Crippen molar-refractivity contribution < 1.29 is 14.3 Å². The van der Waals surface area contributed by atoms with Crippen molar-refractivity contribution in [1.82, 2.24) is 9.88 Å². The molecule has 1 spiro atoms. The van der Waals surface area contributed by atoms with Crippen molar-refractivity contribution in [3.63, 3.8) is 0 Å². The van der Waals surface area contributed by atoms with Crippen LogP contribution in [0.3, 0.4) is 0 Å². The second-order valence-electron chi connectivity index (χ2n) is 6.90. The van der Waals surface area contributed by atoms with Crippen molar-refractivity contribution in [2.45, 2.75) is 18.4 Å². The Hall–Kier alpha value is -2.11. The number of likely N-dealkylation sites (tertiary alicyclic amines) is 1. The minimum Gasteiger partial charge on any atom is -0.492 e. The number of hydrogen-bond donors (Lipinski definition) is 0.